The van der Waals surface area contributed by atoms with Gasteiger partial charge in [0.2, 0.25) is 0 Å². The minimum absolute atomic E-state index is 0.140. The molecule has 78 valence electrons. The molecule has 0 aliphatic carbocycles. The van der Waals surface area contributed by atoms with Gasteiger partial charge in [-0.2, -0.15) is 0 Å². The summed E-state index contributed by atoms with van der Waals surface area (Å²) in [5.74, 6) is 0. The second-order valence-corrected chi connectivity index (χ2v) is 4.32. The highest BCUT2D eigenvalue weighted by Crippen LogP contribution is 2.46. The third-order valence-electron chi connectivity index (χ3n) is 3.12. The molecule has 0 saturated heterocycles. The molecule has 0 saturated carbocycles. The zero-order valence-electron chi connectivity index (χ0n) is 9.19. The molecule has 0 fully saturated rings. The minimum atomic E-state index is -0.140. The Kier molecular flexibility index (Phi) is 2.11. The molecule has 0 unspecified atom stereocenters. The van der Waals surface area contributed by atoms with Crippen molar-refractivity contribution in [1.29, 1.82) is 0 Å². The molecule has 1 aliphatic rings. The molecule has 0 radical (unpaired) electrons. The van der Waals surface area contributed by atoms with Gasteiger partial charge in [-0.05, 0) is 16.8 Å². The SMILES string of the molecule is CN1C(=CN=O)C(C)(C)c2ccccc21. The van der Waals surface area contributed by atoms with Gasteiger partial charge in [0.25, 0.3) is 0 Å². The van der Waals surface area contributed by atoms with Crippen molar-refractivity contribution in [3.63, 3.8) is 0 Å². The Bertz CT molecular complexity index is 435. The average molecular weight is 202 g/mol. The van der Waals surface area contributed by atoms with Crippen LogP contribution in [0.3, 0.4) is 0 Å². The summed E-state index contributed by atoms with van der Waals surface area (Å²) in [5, 5.41) is 2.89. The molecular weight excluding hydrogens is 188 g/mol. The molecule has 0 atom stereocenters. The molecule has 2 rings (SSSR count). The maximum absolute atomic E-state index is 10.4. The standard InChI is InChI=1S/C12H14N2O/c1-12(2)9-6-4-5-7-10(9)14(3)11(12)8-13-15/h4-8H,1-3H3. The van der Waals surface area contributed by atoms with Crippen LogP contribution < -0.4 is 4.90 Å². The Morgan fingerprint density at radius 2 is 2.00 bits per heavy atom. The van der Waals surface area contributed by atoms with Crippen molar-refractivity contribution < 1.29 is 0 Å². The van der Waals surface area contributed by atoms with E-state index in [0.29, 0.717) is 0 Å². The molecule has 15 heavy (non-hydrogen) atoms. The largest absolute Gasteiger partial charge is 0.346 e. The highest BCUT2D eigenvalue weighted by Gasteiger charge is 2.38. The van der Waals surface area contributed by atoms with Crippen molar-refractivity contribution in [2.24, 2.45) is 5.18 Å². The van der Waals surface area contributed by atoms with Crippen molar-refractivity contribution >= 4 is 5.69 Å². The van der Waals surface area contributed by atoms with E-state index in [0.717, 1.165) is 11.4 Å². The number of benzene rings is 1. The predicted octanol–water partition coefficient (Wildman–Crippen LogP) is 3.02. The number of likely N-dealkylation sites (N-methyl/N-ethyl adjacent to an activating group) is 1. The summed E-state index contributed by atoms with van der Waals surface area (Å²) in [5.41, 5.74) is 3.19. The zero-order valence-corrected chi connectivity index (χ0v) is 9.19. The highest BCUT2D eigenvalue weighted by atomic mass is 16.2. The number of para-hydroxylation sites is 1. The number of anilines is 1. The molecule has 1 aromatic rings. The highest BCUT2D eigenvalue weighted by molar-refractivity contribution is 5.69. The van der Waals surface area contributed by atoms with E-state index in [1.807, 2.05) is 24.1 Å². The Morgan fingerprint density at radius 1 is 1.33 bits per heavy atom. The third-order valence-corrected chi connectivity index (χ3v) is 3.12. The molecule has 0 spiro atoms. The van der Waals surface area contributed by atoms with Crippen LogP contribution in [0.25, 0.3) is 0 Å². The van der Waals surface area contributed by atoms with Crippen molar-refractivity contribution in [1.82, 2.24) is 0 Å². The summed E-state index contributed by atoms with van der Waals surface area (Å²) in [6.07, 6.45) is 1.40. The van der Waals surface area contributed by atoms with Crippen LogP contribution in [0.15, 0.2) is 41.3 Å². The number of allylic oxidation sites excluding steroid dienone is 1. The summed E-state index contributed by atoms with van der Waals surface area (Å²) >= 11 is 0. The van der Waals surface area contributed by atoms with Crippen molar-refractivity contribution in [2.75, 3.05) is 11.9 Å². The number of nitroso groups, excluding NO2 is 1. The fourth-order valence-electron chi connectivity index (χ4n) is 2.28. The first kappa shape index (κ1) is 9.90. The summed E-state index contributed by atoms with van der Waals surface area (Å²) in [4.78, 5) is 12.4. The molecule has 3 nitrogen and oxygen atoms in total. The number of hydrogen-bond donors (Lipinski definition) is 0. The van der Waals surface area contributed by atoms with Gasteiger partial charge in [0, 0.05) is 23.8 Å². The first-order chi connectivity index (χ1) is 7.09. The summed E-state index contributed by atoms with van der Waals surface area (Å²) < 4.78 is 0. The zero-order chi connectivity index (χ0) is 11.1. The van der Waals surface area contributed by atoms with E-state index in [2.05, 4.69) is 31.2 Å². The minimum Gasteiger partial charge on any atom is -0.346 e. The normalized spacial score (nSPS) is 20.5. The van der Waals surface area contributed by atoms with Crippen LogP contribution in [0.4, 0.5) is 5.69 Å². The maximum Gasteiger partial charge on any atom is 0.0918 e. The quantitative estimate of drug-likeness (QED) is 0.656. The average Bonchev–Trinajstić information content (AvgIpc) is 2.41. The van der Waals surface area contributed by atoms with Crippen molar-refractivity contribution in [2.45, 2.75) is 19.3 Å². The topological polar surface area (TPSA) is 32.7 Å². The number of nitrogens with zero attached hydrogens (tertiary/aromatic N) is 2. The van der Waals surface area contributed by atoms with Crippen LogP contribution in [0.5, 0.6) is 0 Å². The van der Waals surface area contributed by atoms with Gasteiger partial charge in [-0.3, -0.25) is 0 Å². The molecule has 1 heterocycles. The Balaban J connectivity index is 2.64. The lowest BCUT2D eigenvalue weighted by Gasteiger charge is -2.22. The van der Waals surface area contributed by atoms with Crippen molar-refractivity contribution in [3.8, 4) is 0 Å². The Hall–Kier alpha value is -1.64. The second kappa shape index (κ2) is 3.19. The maximum atomic E-state index is 10.4. The van der Waals surface area contributed by atoms with E-state index < -0.39 is 0 Å². The number of hydrogen-bond acceptors (Lipinski definition) is 3. The monoisotopic (exact) mass is 202 g/mol. The van der Waals surface area contributed by atoms with E-state index in [9.17, 15) is 4.91 Å². The van der Waals surface area contributed by atoms with E-state index >= 15 is 0 Å². The molecule has 0 N–H and O–H groups in total. The second-order valence-electron chi connectivity index (χ2n) is 4.32. The smallest absolute Gasteiger partial charge is 0.0918 e. The molecule has 1 aromatic carbocycles. The van der Waals surface area contributed by atoms with Gasteiger partial charge in [-0.25, -0.2) is 0 Å². The number of rotatable bonds is 1. The van der Waals surface area contributed by atoms with Crippen LogP contribution >= 0.6 is 0 Å². The van der Waals surface area contributed by atoms with Crippen LogP contribution in [0.1, 0.15) is 19.4 Å². The van der Waals surface area contributed by atoms with Gasteiger partial charge in [-0.15, -0.1) is 4.91 Å². The van der Waals surface area contributed by atoms with Crippen LogP contribution in [-0.4, -0.2) is 7.05 Å². The molecule has 3 heteroatoms. The van der Waals surface area contributed by atoms with E-state index in [4.69, 9.17) is 0 Å². The van der Waals surface area contributed by atoms with Gasteiger partial charge >= 0.3 is 0 Å². The first-order valence-electron chi connectivity index (χ1n) is 4.95. The van der Waals surface area contributed by atoms with E-state index in [1.54, 1.807) is 0 Å². The molecule has 0 aromatic heterocycles. The fraction of sp³-hybridized carbons (Fsp3) is 0.333. The lowest BCUT2D eigenvalue weighted by atomic mass is 9.84. The van der Waals surface area contributed by atoms with Gasteiger partial charge in [0.05, 0.1) is 6.20 Å². The van der Waals surface area contributed by atoms with Gasteiger partial charge in [-0.1, -0.05) is 32.0 Å². The number of fused-ring (bicyclic) bond motifs is 1. The molecule has 0 bridgehead atoms. The van der Waals surface area contributed by atoms with Crippen molar-refractivity contribution in [3.05, 3.63) is 46.6 Å². The van der Waals surface area contributed by atoms with Gasteiger partial charge in [0.1, 0.15) is 0 Å². The molecular formula is C12H14N2O. The summed E-state index contributed by atoms with van der Waals surface area (Å²) in [6, 6.07) is 8.18. The lowest BCUT2D eigenvalue weighted by molar-refractivity contribution is 0.638. The third kappa shape index (κ3) is 1.27. The molecule has 1 aliphatic heterocycles. The Morgan fingerprint density at radius 3 is 2.60 bits per heavy atom. The summed E-state index contributed by atoms with van der Waals surface area (Å²) in [7, 11) is 1.96. The first-order valence-corrected chi connectivity index (χ1v) is 4.95. The van der Waals surface area contributed by atoms with Gasteiger partial charge in [0.15, 0.2) is 0 Å². The molecule has 0 amide bonds. The van der Waals surface area contributed by atoms with Crippen LogP contribution in [0.2, 0.25) is 0 Å². The van der Waals surface area contributed by atoms with Gasteiger partial charge < -0.3 is 4.90 Å². The van der Waals surface area contributed by atoms with Crippen LogP contribution in [0, 0.1) is 4.91 Å². The van der Waals surface area contributed by atoms with E-state index in [-0.39, 0.29) is 5.41 Å². The van der Waals surface area contributed by atoms with Crippen LogP contribution in [-0.2, 0) is 5.41 Å². The Labute approximate surface area is 89.4 Å². The summed E-state index contributed by atoms with van der Waals surface area (Å²) in [6.45, 7) is 4.21. The van der Waals surface area contributed by atoms with E-state index in [1.165, 1.54) is 11.8 Å². The predicted molar refractivity (Wildman–Crippen MR) is 61.7 cm³/mol. The fourth-order valence-corrected chi connectivity index (χ4v) is 2.28. The lowest BCUT2D eigenvalue weighted by Crippen LogP contribution is -2.22.